The molecule has 3 N–H and O–H groups in total. The number of benzene rings is 4. The summed E-state index contributed by atoms with van der Waals surface area (Å²) >= 11 is 0. The highest BCUT2D eigenvalue weighted by molar-refractivity contribution is 5.52. The Bertz CT molecular complexity index is 1210. The molecule has 0 saturated heterocycles. The average Bonchev–Trinajstić information content (AvgIpc) is 2.84. The fourth-order valence-corrected chi connectivity index (χ4v) is 5.31. The quantitative estimate of drug-likeness (QED) is 0.247. The van der Waals surface area contributed by atoms with Gasteiger partial charge in [0.05, 0.1) is 0 Å². The molecule has 35 heavy (non-hydrogen) atoms. The molecule has 0 aliphatic rings. The highest BCUT2D eigenvalue weighted by atomic mass is 16.3. The van der Waals surface area contributed by atoms with Gasteiger partial charge in [-0.05, 0) is 83.5 Å². The van der Waals surface area contributed by atoms with E-state index in [4.69, 9.17) is 0 Å². The molecule has 180 valence electrons. The fraction of sp³-hybridized carbons (Fsp3) is 0.250. The summed E-state index contributed by atoms with van der Waals surface area (Å²) in [5.41, 5.74) is 4.95. The SMILES string of the molecule is CC(C)CC(C)(c1ccc(O)cc1)c1ccc(C(C)(c2ccc(O)cc2)c2ccc(O)cc2)cc1. The largest absolute Gasteiger partial charge is 0.508 e. The van der Waals surface area contributed by atoms with Crippen LogP contribution in [0.2, 0.25) is 0 Å². The summed E-state index contributed by atoms with van der Waals surface area (Å²) in [6, 6.07) is 31.0. The van der Waals surface area contributed by atoms with Crippen LogP contribution in [0.1, 0.15) is 61.9 Å². The smallest absolute Gasteiger partial charge is 0.115 e. The van der Waals surface area contributed by atoms with E-state index in [1.165, 1.54) is 11.1 Å². The Labute approximate surface area is 208 Å². The summed E-state index contributed by atoms with van der Waals surface area (Å²) < 4.78 is 0. The van der Waals surface area contributed by atoms with Crippen LogP contribution < -0.4 is 0 Å². The average molecular weight is 467 g/mol. The molecule has 0 heterocycles. The number of phenols is 3. The third-order valence-electron chi connectivity index (χ3n) is 7.31. The number of hydrogen-bond acceptors (Lipinski definition) is 3. The molecule has 0 aromatic heterocycles. The maximum absolute atomic E-state index is 9.87. The van der Waals surface area contributed by atoms with Crippen molar-refractivity contribution in [1.29, 1.82) is 0 Å². The summed E-state index contributed by atoms with van der Waals surface area (Å²) in [5.74, 6) is 1.23. The Hall–Kier alpha value is -3.72. The maximum Gasteiger partial charge on any atom is 0.115 e. The van der Waals surface area contributed by atoms with Crippen molar-refractivity contribution in [1.82, 2.24) is 0 Å². The molecule has 0 bridgehead atoms. The van der Waals surface area contributed by atoms with Crippen molar-refractivity contribution < 1.29 is 15.3 Å². The lowest BCUT2D eigenvalue weighted by Gasteiger charge is -2.35. The Kier molecular flexibility index (Phi) is 6.62. The summed E-state index contributed by atoms with van der Waals surface area (Å²) in [6.45, 7) is 8.92. The Morgan fingerprint density at radius 1 is 0.486 bits per heavy atom. The molecule has 1 unspecified atom stereocenters. The molecule has 3 nitrogen and oxygen atoms in total. The topological polar surface area (TPSA) is 60.7 Å². The van der Waals surface area contributed by atoms with Gasteiger partial charge in [0.2, 0.25) is 0 Å². The van der Waals surface area contributed by atoms with Gasteiger partial charge >= 0.3 is 0 Å². The molecule has 4 rings (SSSR count). The monoisotopic (exact) mass is 466 g/mol. The summed E-state index contributed by atoms with van der Waals surface area (Å²) in [7, 11) is 0. The fourth-order valence-electron chi connectivity index (χ4n) is 5.31. The number of hydrogen-bond donors (Lipinski definition) is 3. The van der Waals surface area contributed by atoms with Gasteiger partial charge in [-0.3, -0.25) is 0 Å². The van der Waals surface area contributed by atoms with Crippen LogP contribution in [0.3, 0.4) is 0 Å². The molecule has 0 spiro atoms. The van der Waals surface area contributed by atoms with Crippen LogP contribution in [0.4, 0.5) is 0 Å². The van der Waals surface area contributed by atoms with Crippen LogP contribution >= 0.6 is 0 Å². The van der Waals surface area contributed by atoms with Crippen molar-refractivity contribution in [3.63, 3.8) is 0 Å². The van der Waals surface area contributed by atoms with Crippen LogP contribution in [0.25, 0.3) is 0 Å². The third kappa shape index (κ3) is 4.77. The predicted octanol–water partition coefficient (Wildman–Crippen LogP) is 7.51. The first-order valence-electron chi connectivity index (χ1n) is 12.1. The molecule has 0 saturated carbocycles. The van der Waals surface area contributed by atoms with Crippen LogP contribution in [-0.2, 0) is 10.8 Å². The molecule has 0 amide bonds. The summed E-state index contributed by atoms with van der Waals surface area (Å²) in [6.07, 6.45) is 0.977. The molecule has 0 fully saturated rings. The lowest BCUT2D eigenvalue weighted by molar-refractivity contribution is 0.426. The van der Waals surface area contributed by atoms with E-state index in [1.807, 2.05) is 36.4 Å². The zero-order chi connectivity index (χ0) is 25.2. The second kappa shape index (κ2) is 9.50. The van der Waals surface area contributed by atoms with Crippen molar-refractivity contribution in [2.75, 3.05) is 0 Å². The van der Waals surface area contributed by atoms with E-state index < -0.39 is 5.41 Å². The van der Waals surface area contributed by atoms with Crippen molar-refractivity contribution in [2.24, 2.45) is 5.92 Å². The third-order valence-corrected chi connectivity index (χ3v) is 7.31. The number of phenolic OH excluding ortho intramolecular Hbond substituents is 3. The van der Waals surface area contributed by atoms with Crippen molar-refractivity contribution in [3.05, 3.63) is 125 Å². The first-order valence-corrected chi connectivity index (χ1v) is 12.1. The van der Waals surface area contributed by atoms with Gasteiger partial charge in [-0.2, -0.15) is 0 Å². The summed E-state index contributed by atoms with van der Waals surface area (Å²) in [4.78, 5) is 0. The van der Waals surface area contributed by atoms with E-state index in [-0.39, 0.29) is 22.7 Å². The van der Waals surface area contributed by atoms with Crippen molar-refractivity contribution in [2.45, 2.75) is 44.9 Å². The lowest BCUT2D eigenvalue weighted by atomic mass is 9.68. The van der Waals surface area contributed by atoms with E-state index in [0.29, 0.717) is 5.92 Å². The van der Waals surface area contributed by atoms with Gasteiger partial charge < -0.3 is 15.3 Å². The molecule has 4 aromatic rings. The molecule has 0 aliphatic heterocycles. The predicted molar refractivity (Wildman–Crippen MR) is 142 cm³/mol. The molecular weight excluding hydrogens is 432 g/mol. The van der Waals surface area contributed by atoms with Gasteiger partial charge in [0.15, 0.2) is 0 Å². The first kappa shape index (κ1) is 24.4. The molecule has 4 aromatic carbocycles. The van der Waals surface area contributed by atoms with E-state index in [1.54, 1.807) is 36.4 Å². The minimum Gasteiger partial charge on any atom is -0.508 e. The van der Waals surface area contributed by atoms with Crippen molar-refractivity contribution >= 4 is 0 Å². The van der Waals surface area contributed by atoms with E-state index in [9.17, 15) is 15.3 Å². The van der Waals surface area contributed by atoms with Crippen molar-refractivity contribution in [3.8, 4) is 17.2 Å². The zero-order valence-corrected chi connectivity index (χ0v) is 20.9. The van der Waals surface area contributed by atoms with Gasteiger partial charge in [0, 0.05) is 10.8 Å². The van der Waals surface area contributed by atoms with Crippen LogP contribution in [-0.4, -0.2) is 15.3 Å². The highest BCUT2D eigenvalue weighted by Crippen LogP contribution is 2.43. The van der Waals surface area contributed by atoms with Crippen LogP contribution in [0.5, 0.6) is 17.2 Å². The highest BCUT2D eigenvalue weighted by Gasteiger charge is 2.34. The minimum atomic E-state index is -0.479. The molecule has 0 radical (unpaired) electrons. The normalized spacial score (nSPS) is 13.5. The standard InChI is InChI=1S/C32H34O3/c1-22(2)21-31(3,24-9-15-28(33)16-10-24)23-5-7-25(8-6-23)32(4,26-11-17-29(34)18-12-26)27-13-19-30(35)20-14-27/h5-20,22,33-35H,21H2,1-4H3. The Morgan fingerprint density at radius 2 is 0.743 bits per heavy atom. The Morgan fingerprint density at radius 3 is 1.06 bits per heavy atom. The van der Waals surface area contributed by atoms with E-state index in [0.717, 1.165) is 23.1 Å². The van der Waals surface area contributed by atoms with Gasteiger partial charge in [-0.15, -0.1) is 0 Å². The van der Waals surface area contributed by atoms with Crippen LogP contribution in [0.15, 0.2) is 97.1 Å². The lowest BCUT2D eigenvalue weighted by Crippen LogP contribution is -2.27. The second-order valence-corrected chi connectivity index (χ2v) is 10.3. The maximum atomic E-state index is 9.87. The molecule has 1 atom stereocenters. The van der Waals surface area contributed by atoms with Gasteiger partial charge in [-0.1, -0.05) is 81.4 Å². The zero-order valence-electron chi connectivity index (χ0n) is 20.9. The van der Waals surface area contributed by atoms with Gasteiger partial charge in [-0.25, -0.2) is 0 Å². The van der Waals surface area contributed by atoms with Crippen LogP contribution in [0, 0.1) is 5.92 Å². The van der Waals surface area contributed by atoms with Gasteiger partial charge in [0.1, 0.15) is 17.2 Å². The Balaban J connectivity index is 1.83. The molecular formula is C32H34O3. The molecule has 3 heteroatoms. The molecule has 0 aliphatic carbocycles. The summed E-state index contributed by atoms with van der Waals surface area (Å²) in [5, 5.41) is 29.6. The van der Waals surface area contributed by atoms with E-state index >= 15 is 0 Å². The minimum absolute atomic E-state index is 0.201. The number of aromatic hydroxyl groups is 3. The number of rotatable bonds is 7. The first-order chi connectivity index (χ1) is 16.6. The van der Waals surface area contributed by atoms with E-state index in [2.05, 4.69) is 52.0 Å². The second-order valence-electron chi connectivity index (χ2n) is 10.3. The van der Waals surface area contributed by atoms with Gasteiger partial charge in [0.25, 0.3) is 0 Å².